The highest BCUT2D eigenvalue weighted by atomic mass is 16.3. The minimum atomic E-state index is 0.0179. The molecule has 3 aromatic carbocycles. The van der Waals surface area contributed by atoms with Crippen LogP contribution < -0.4 is 0 Å². The van der Waals surface area contributed by atoms with E-state index in [2.05, 4.69) is 95.3 Å². The fourth-order valence-corrected chi connectivity index (χ4v) is 3.62. The maximum atomic E-state index is 11.2. The van der Waals surface area contributed by atoms with Gasteiger partial charge in [0.05, 0.1) is 0 Å². The molecule has 0 aromatic heterocycles. The average Bonchev–Trinajstić information content (AvgIpc) is 2.67. The number of benzene rings is 3. The Labute approximate surface area is 163 Å². The van der Waals surface area contributed by atoms with E-state index in [0.717, 1.165) is 11.1 Å². The van der Waals surface area contributed by atoms with Crippen molar-refractivity contribution < 1.29 is 5.11 Å². The molecule has 0 fully saturated rings. The van der Waals surface area contributed by atoms with Gasteiger partial charge in [-0.2, -0.15) is 0 Å². The van der Waals surface area contributed by atoms with Crippen LogP contribution in [0.1, 0.15) is 74.3 Å². The predicted octanol–water partition coefficient (Wildman–Crippen LogP) is 6.99. The van der Waals surface area contributed by atoms with E-state index in [1.165, 1.54) is 16.7 Å². The molecule has 0 saturated heterocycles. The predicted molar refractivity (Wildman–Crippen MR) is 115 cm³/mol. The van der Waals surface area contributed by atoms with Crippen LogP contribution in [0.4, 0.5) is 0 Å². The van der Waals surface area contributed by atoms with E-state index < -0.39 is 0 Å². The van der Waals surface area contributed by atoms with E-state index in [0.29, 0.717) is 5.75 Å². The third-order valence-corrected chi connectivity index (χ3v) is 5.57. The average molecular weight is 359 g/mol. The molecule has 27 heavy (non-hydrogen) atoms. The lowest BCUT2D eigenvalue weighted by atomic mass is 9.79. The van der Waals surface area contributed by atoms with Crippen molar-refractivity contribution in [2.24, 2.45) is 0 Å². The van der Waals surface area contributed by atoms with Gasteiger partial charge in [0.25, 0.3) is 0 Å². The van der Waals surface area contributed by atoms with Crippen molar-refractivity contribution in [3.05, 3.63) is 101 Å². The third kappa shape index (κ3) is 4.08. The molecule has 3 aromatic rings. The summed E-state index contributed by atoms with van der Waals surface area (Å²) in [5.74, 6) is 0.696. The van der Waals surface area contributed by atoms with E-state index in [1.807, 2.05) is 12.1 Å². The summed E-state index contributed by atoms with van der Waals surface area (Å²) in [7, 11) is 0. The molecule has 1 heteroatoms. The summed E-state index contributed by atoms with van der Waals surface area (Å²) < 4.78 is 0. The first kappa shape index (κ1) is 19.2. The molecule has 140 valence electrons. The van der Waals surface area contributed by atoms with Gasteiger partial charge in [0.2, 0.25) is 0 Å². The Hall–Kier alpha value is -2.54. The van der Waals surface area contributed by atoms with Crippen molar-refractivity contribution in [2.75, 3.05) is 0 Å². The maximum absolute atomic E-state index is 11.2. The lowest BCUT2D eigenvalue weighted by molar-refractivity contribution is 0.455. The largest absolute Gasteiger partial charge is 0.507 e. The number of hydrogen-bond donors (Lipinski definition) is 1. The van der Waals surface area contributed by atoms with Crippen LogP contribution in [0.5, 0.6) is 5.75 Å². The summed E-state index contributed by atoms with van der Waals surface area (Å²) in [6, 6.07) is 25.2. The molecule has 0 spiro atoms. The number of hydrogen-bond acceptors (Lipinski definition) is 1. The molecular weight excluding hydrogens is 328 g/mol. The maximum Gasteiger partial charge on any atom is 0.123 e. The minimum Gasteiger partial charge on any atom is -0.507 e. The summed E-state index contributed by atoms with van der Waals surface area (Å²) in [4.78, 5) is 0. The number of rotatable bonds is 4. The first-order valence-electron chi connectivity index (χ1n) is 9.76. The standard InChI is InChI=1S/C26H30O/c1-18(20-12-8-6-9-13-20)23-16-22(26(3,4)5)17-24(25(23)27)19(2)21-14-10-7-11-15-21/h6-19,27H,1-5H3. The van der Waals surface area contributed by atoms with Gasteiger partial charge in [-0.1, -0.05) is 107 Å². The smallest absolute Gasteiger partial charge is 0.123 e. The van der Waals surface area contributed by atoms with Gasteiger partial charge in [-0.3, -0.25) is 0 Å². The van der Waals surface area contributed by atoms with Crippen LogP contribution in [0.3, 0.4) is 0 Å². The van der Waals surface area contributed by atoms with E-state index in [-0.39, 0.29) is 17.3 Å². The topological polar surface area (TPSA) is 20.2 Å². The number of phenolic OH excluding ortho intramolecular Hbond substituents is 1. The molecule has 0 amide bonds. The summed E-state index contributed by atoms with van der Waals surface area (Å²) in [5, 5.41) is 11.2. The van der Waals surface area contributed by atoms with Gasteiger partial charge < -0.3 is 5.11 Å². The molecular formula is C26H30O. The van der Waals surface area contributed by atoms with Crippen LogP contribution in [-0.4, -0.2) is 5.11 Å². The highest BCUT2D eigenvalue weighted by Gasteiger charge is 2.24. The van der Waals surface area contributed by atoms with Crippen molar-refractivity contribution in [3.63, 3.8) is 0 Å². The Bertz CT molecular complexity index is 822. The highest BCUT2D eigenvalue weighted by molar-refractivity contribution is 5.53. The lowest BCUT2D eigenvalue weighted by Crippen LogP contribution is -2.14. The third-order valence-electron chi connectivity index (χ3n) is 5.57. The number of phenols is 1. The van der Waals surface area contributed by atoms with Crippen molar-refractivity contribution in [2.45, 2.75) is 51.9 Å². The van der Waals surface area contributed by atoms with Crippen LogP contribution in [0.15, 0.2) is 72.8 Å². The SMILES string of the molecule is CC(c1ccccc1)c1cc(C(C)(C)C)cc(C(C)c2ccccc2)c1O. The van der Waals surface area contributed by atoms with Crippen LogP contribution in [0, 0.1) is 0 Å². The second kappa shape index (κ2) is 7.60. The second-order valence-corrected chi connectivity index (χ2v) is 8.52. The molecule has 2 atom stereocenters. The van der Waals surface area contributed by atoms with Crippen LogP contribution in [0.2, 0.25) is 0 Å². The van der Waals surface area contributed by atoms with Gasteiger partial charge in [0.1, 0.15) is 5.75 Å². The minimum absolute atomic E-state index is 0.0179. The summed E-state index contributed by atoms with van der Waals surface area (Å²) in [6.45, 7) is 11.0. The molecule has 0 radical (unpaired) electrons. The molecule has 0 aliphatic carbocycles. The van der Waals surface area contributed by atoms with Crippen LogP contribution in [-0.2, 0) is 5.41 Å². The Morgan fingerprint density at radius 1 is 0.667 bits per heavy atom. The van der Waals surface area contributed by atoms with E-state index in [9.17, 15) is 5.11 Å². The molecule has 1 N–H and O–H groups in total. The second-order valence-electron chi connectivity index (χ2n) is 8.52. The summed E-state index contributed by atoms with van der Waals surface area (Å²) in [6.07, 6.45) is 0. The Morgan fingerprint density at radius 3 is 1.37 bits per heavy atom. The van der Waals surface area contributed by atoms with Gasteiger partial charge >= 0.3 is 0 Å². The van der Waals surface area contributed by atoms with Crippen LogP contribution >= 0.6 is 0 Å². The fourth-order valence-electron chi connectivity index (χ4n) is 3.62. The van der Waals surface area contributed by atoms with Crippen molar-refractivity contribution in [1.29, 1.82) is 0 Å². The molecule has 2 unspecified atom stereocenters. The molecule has 0 aliphatic heterocycles. The number of aromatic hydroxyl groups is 1. The van der Waals surface area contributed by atoms with Gasteiger partial charge in [-0.25, -0.2) is 0 Å². The van der Waals surface area contributed by atoms with Gasteiger partial charge in [0, 0.05) is 23.0 Å². The first-order valence-corrected chi connectivity index (χ1v) is 9.76. The summed E-state index contributed by atoms with van der Waals surface area (Å²) >= 11 is 0. The monoisotopic (exact) mass is 358 g/mol. The Morgan fingerprint density at radius 2 is 1.04 bits per heavy atom. The Kier molecular flexibility index (Phi) is 5.41. The zero-order valence-corrected chi connectivity index (χ0v) is 17.0. The fraction of sp³-hybridized carbons (Fsp3) is 0.308. The quantitative estimate of drug-likeness (QED) is 0.532. The molecule has 0 heterocycles. The Balaban J connectivity index is 2.16. The van der Waals surface area contributed by atoms with E-state index in [4.69, 9.17) is 0 Å². The molecule has 1 nitrogen and oxygen atoms in total. The van der Waals surface area contributed by atoms with Gasteiger partial charge in [-0.05, 0) is 22.1 Å². The van der Waals surface area contributed by atoms with Crippen molar-refractivity contribution in [1.82, 2.24) is 0 Å². The lowest BCUT2D eigenvalue weighted by Gasteiger charge is -2.26. The normalized spacial score (nSPS) is 14.0. The zero-order valence-electron chi connectivity index (χ0n) is 17.0. The zero-order chi connectivity index (χ0) is 19.6. The van der Waals surface area contributed by atoms with Gasteiger partial charge in [0.15, 0.2) is 0 Å². The molecule has 0 saturated carbocycles. The summed E-state index contributed by atoms with van der Waals surface area (Å²) in [5.41, 5.74) is 5.73. The van der Waals surface area contributed by atoms with Crippen LogP contribution in [0.25, 0.3) is 0 Å². The van der Waals surface area contributed by atoms with Crippen molar-refractivity contribution >= 4 is 0 Å². The molecule has 0 aliphatic rings. The highest BCUT2D eigenvalue weighted by Crippen LogP contribution is 2.41. The van der Waals surface area contributed by atoms with Gasteiger partial charge in [-0.15, -0.1) is 0 Å². The van der Waals surface area contributed by atoms with E-state index >= 15 is 0 Å². The molecule has 3 rings (SSSR count). The van der Waals surface area contributed by atoms with E-state index in [1.54, 1.807) is 0 Å². The van der Waals surface area contributed by atoms with Crippen molar-refractivity contribution in [3.8, 4) is 5.75 Å². The molecule has 0 bridgehead atoms. The first-order chi connectivity index (χ1) is 12.8.